The van der Waals surface area contributed by atoms with Crippen LogP contribution in [0.1, 0.15) is 19.8 Å². The molecule has 0 radical (unpaired) electrons. The quantitative estimate of drug-likeness (QED) is 0.852. The average molecular weight is 268 g/mol. The summed E-state index contributed by atoms with van der Waals surface area (Å²) in [6.07, 6.45) is 2.56. The highest BCUT2D eigenvalue weighted by molar-refractivity contribution is 6.31. The molecule has 0 bridgehead atoms. The summed E-state index contributed by atoms with van der Waals surface area (Å²) in [5.74, 6) is 0. The lowest BCUT2D eigenvalue weighted by atomic mass is 10.2. The van der Waals surface area contributed by atoms with Crippen molar-refractivity contribution in [1.82, 2.24) is 4.90 Å². The van der Waals surface area contributed by atoms with Gasteiger partial charge in [0.1, 0.15) is 0 Å². The summed E-state index contributed by atoms with van der Waals surface area (Å²) in [6, 6.07) is 5.71. The molecule has 0 aliphatic carbocycles. The van der Waals surface area contributed by atoms with Gasteiger partial charge in [0, 0.05) is 31.2 Å². The number of nitrogens with two attached hydrogens (primary N) is 1. The van der Waals surface area contributed by atoms with E-state index in [4.69, 9.17) is 17.3 Å². The van der Waals surface area contributed by atoms with Crippen molar-refractivity contribution in [2.75, 3.05) is 43.4 Å². The third-order valence-corrected chi connectivity index (χ3v) is 3.77. The number of nitrogen functional groups attached to an aromatic ring is 1. The maximum absolute atomic E-state index is 6.04. The van der Waals surface area contributed by atoms with Gasteiger partial charge in [0.05, 0.1) is 11.4 Å². The molecular weight excluding hydrogens is 246 g/mol. The lowest BCUT2D eigenvalue weighted by molar-refractivity contribution is 0.254. The van der Waals surface area contributed by atoms with Gasteiger partial charge in [0.25, 0.3) is 0 Å². The average Bonchev–Trinajstić information content (AvgIpc) is 2.40. The Morgan fingerprint density at radius 3 is 2.61 bits per heavy atom. The van der Waals surface area contributed by atoms with Crippen molar-refractivity contribution < 1.29 is 0 Å². The highest BCUT2D eigenvalue weighted by Crippen LogP contribution is 2.27. The number of hydrogen-bond acceptors (Lipinski definition) is 3. The van der Waals surface area contributed by atoms with Crippen molar-refractivity contribution in [2.24, 2.45) is 0 Å². The van der Waals surface area contributed by atoms with E-state index in [9.17, 15) is 0 Å². The van der Waals surface area contributed by atoms with Gasteiger partial charge in [-0.3, -0.25) is 4.90 Å². The summed E-state index contributed by atoms with van der Waals surface area (Å²) < 4.78 is 0. The van der Waals surface area contributed by atoms with Gasteiger partial charge in [-0.25, -0.2) is 0 Å². The van der Waals surface area contributed by atoms with E-state index in [0.29, 0.717) is 0 Å². The summed E-state index contributed by atoms with van der Waals surface area (Å²) in [4.78, 5) is 4.87. The Labute approximate surface area is 115 Å². The molecule has 0 aromatic heterocycles. The smallest absolute Gasteiger partial charge is 0.0615 e. The van der Waals surface area contributed by atoms with Gasteiger partial charge >= 0.3 is 0 Å². The van der Waals surface area contributed by atoms with E-state index >= 15 is 0 Å². The van der Waals surface area contributed by atoms with Crippen LogP contribution in [0.2, 0.25) is 5.02 Å². The predicted molar refractivity (Wildman–Crippen MR) is 79.4 cm³/mol. The molecule has 2 N–H and O–H groups in total. The minimum absolute atomic E-state index is 0.757. The van der Waals surface area contributed by atoms with Gasteiger partial charge in [-0.2, -0.15) is 0 Å². The second-order valence-corrected chi connectivity index (χ2v) is 5.32. The van der Waals surface area contributed by atoms with Crippen LogP contribution in [-0.2, 0) is 0 Å². The monoisotopic (exact) mass is 267 g/mol. The van der Waals surface area contributed by atoms with Gasteiger partial charge in [-0.1, -0.05) is 24.9 Å². The second-order valence-electron chi connectivity index (χ2n) is 4.89. The molecule has 1 aromatic rings. The third kappa shape index (κ3) is 3.30. The summed E-state index contributed by atoms with van der Waals surface area (Å²) in [5.41, 5.74) is 7.92. The van der Waals surface area contributed by atoms with E-state index in [0.717, 1.165) is 42.6 Å². The fraction of sp³-hybridized carbons (Fsp3) is 0.571. The molecule has 1 aromatic carbocycles. The van der Waals surface area contributed by atoms with Gasteiger partial charge < -0.3 is 10.6 Å². The van der Waals surface area contributed by atoms with Crippen LogP contribution in [0.5, 0.6) is 0 Å². The van der Waals surface area contributed by atoms with Crippen molar-refractivity contribution in [3.05, 3.63) is 23.2 Å². The molecule has 4 heteroatoms. The Bertz CT molecular complexity index is 387. The van der Waals surface area contributed by atoms with E-state index in [1.807, 2.05) is 18.2 Å². The first-order valence-corrected chi connectivity index (χ1v) is 7.11. The second kappa shape index (κ2) is 6.30. The van der Waals surface area contributed by atoms with Crippen molar-refractivity contribution in [3.63, 3.8) is 0 Å². The van der Waals surface area contributed by atoms with Gasteiger partial charge in [-0.05, 0) is 31.2 Å². The number of anilines is 2. The van der Waals surface area contributed by atoms with Crippen LogP contribution in [0.15, 0.2) is 18.2 Å². The van der Waals surface area contributed by atoms with E-state index in [2.05, 4.69) is 16.7 Å². The van der Waals surface area contributed by atoms with Crippen LogP contribution >= 0.6 is 11.6 Å². The lowest BCUT2D eigenvalue weighted by Crippen LogP contribution is -2.46. The molecule has 0 amide bonds. The van der Waals surface area contributed by atoms with E-state index in [1.54, 1.807) is 0 Å². The number of hydrogen-bond donors (Lipinski definition) is 1. The molecule has 18 heavy (non-hydrogen) atoms. The molecule has 1 aliphatic heterocycles. The summed E-state index contributed by atoms with van der Waals surface area (Å²) >= 11 is 6.04. The molecule has 1 saturated heterocycles. The summed E-state index contributed by atoms with van der Waals surface area (Å²) in [5, 5.41) is 0.757. The van der Waals surface area contributed by atoms with Crippen molar-refractivity contribution in [2.45, 2.75) is 19.8 Å². The minimum Gasteiger partial charge on any atom is -0.397 e. The van der Waals surface area contributed by atoms with E-state index < -0.39 is 0 Å². The number of benzene rings is 1. The fourth-order valence-electron chi connectivity index (χ4n) is 2.38. The van der Waals surface area contributed by atoms with Crippen LogP contribution in [0.25, 0.3) is 0 Å². The summed E-state index contributed by atoms with van der Waals surface area (Å²) in [7, 11) is 0. The molecule has 0 atom stereocenters. The van der Waals surface area contributed by atoms with E-state index in [1.165, 1.54) is 19.4 Å². The highest BCUT2D eigenvalue weighted by Gasteiger charge is 2.18. The van der Waals surface area contributed by atoms with E-state index in [-0.39, 0.29) is 0 Å². The van der Waals surface area contributed by atoms with Crippen LogP contribution in [0.4, 0.5) is 11.4 Å². The highest BCUT2D eigenvalue weighted by atomic mass is 35.5. The maximum Gasteiger partial charge on any atom is 0.0615 e. The molecule has 0 spiro atoms. The molecule has 3 nitrogen and oxygen atoms in total. The van der Waals surface area contributed by atoms with Crippen molar-refractivity contribution >= 4 is 23.0 Å². The molecule has 1 fully saturated rings. The molecule has 1 heterocycles. The first-order valence-electron chi connectivity index (χ1n) is 6.73. The fourth-order valence-corrected chi connectivity index (χ4v) is 2.55. The molecule has 2 rings (SSSR count). The van der Waals surface area contributed by atoms with Gasteiger partial charge in [0.15, 0.2) is 0 Å². The Morgan fingerprint density at radius 1 is 1.22 bits per heavy atom. The summed E-state index contributed by atoms with van der Waals surface area (Å²) in [6.45, 7) is 7.76. The molecule has 0 saturated carbocycles. The zero-order valence-corrected chi connectivity index (χ0v) is 11.8. The zero-order chi connectivity index (χ0) is 13.0. The Hall–Kier alpha value is -0.930. The number of halogens is 1. The van der Waals surface area contributed by atoms with Crippen LogP contribution in [0.3, 0.4) is 0 Å². The zero-order valence-electron chi connectivity index (χ0n) is 11.0. The first kappa shape index (κ1) is 13.5. The lowest BCUT2D eigenvalue weighted by Gasteiger charge is -2.36. The Morgan fingerprint density at radius 2 is 1.94 bits per heavy atom. The van der Waals surface area contributed by atoms with Crippen molar-refractivity contribution in [3.8, 4) is 0 Å². The normalized spacial score (nSPS) is 17.1. The molecule has 0 unspecified atom stereocenters. The molecule has 1 aliphatic rings. The topological polar surface area (TPSA) is 32.5 Å². The predicted octanol–water partition coefficient (Wildman–Crippen LogP) is 2.84. The molecular formula is C14H22ClN3. The minimum atomic E-state index is 0.757. The maximum atomic E-state index is 6.04. The van der Waals surface area contributed by atoms with Crippen LogP contribution in [-0.4, -0.2) is 37.6 Å². The number of rotatable bonds is 4. The van der Waals surface area contributed by atoms with Gasteiger partial charge in [-0.15, -0.1) is 0 Å². The van der Waals surface area contributed by atoms with Crippen LogP contribution in [0, 0.1) is 0 Å². The van der Waals surface area contributed by atoms with Crippen molar-refractivity contribution in [1.29, 1.82) is 0 Å². The largest absolute Gasteiger partial charge is 0.397 e. The SMILES string of the molecule is CCCCN1CCN(c2cc(Cl)ccc2N)CC1. The van der Waals surface area contributed by atoms with Crippen LogP contribution < -0.4 is 10.6 Å². The molecule has 100 valence electrons. The Kier molecular flexibility index (Phi) is 4.72. The number of unbranched alkanes of at least 4 members (excludes halogenated alkanes) is 1. The first-order chi connectivity index (χ1) is 8.70. The standard InChI is InChI=1S/C14H22ClN3/c1-2-3-6-17-7-9-18(10-8-17)14-11-12(15)4-5-13(14)16/h4-5,11H,2-3,6-10,16H2,1H3. The number of nitrogens with zero attached hydrogens (tertiary/aromatic N) is 2. The van der Waals surface area contributed by atoms with Gasteiger partial charge in [0.2, 0.25) is 0 Å². The third-order valence-electron chi connectivity index (χ3n) is 3.53. The number of piperazine rings is 1. The Balaban J connectivity index is 1.94.